The zero-order chi connectivity index (χ0) is 27.8. The number of benzene rings is 7. The quantitative estimate of drug-likeness (QED) is 0.200. The molecule has 0 saturated heterocycles. The van der Waals surface area contributed by atoms with Crippen LogP contribution in [0.4, 0.5) is 0 Å². The van der Waals surface area contributed by atoms with Gasteiger partial charge in [-0.3, -0.25) is 0 Å². The zero-order valence-corrected chi connectivity index (χ0v) is 23.6. The third-order valence-electron chi connectivity index (χ3n) is 9.36. The SMILES string of the molecule is Clc1cccc(-c2ccccc2-c2cccc3c2-c2ccccc2C32c3ccccc3-c3c2ccc2ccccc32)c1. The summed E-state index contributed by atoms with van der Waals surface area (Å²) >= 11 is 6.47. The molecule has 196 valence electrons. The van der Waals surface area contributed by atoms with E-state index < -0.39 is 0 Å². The maximum absolute atomic E-state index is 6.47. The van der Waals surface area contributed by atoms with Crippen LogP contribution >= 0.6 is 11.6 Å². The molecule has 0 aliphatic heterocycles. The highest BCUT2D eigenvalue weighted by Crippen LogP contribution is 2.65. The molecule has 1 heteroatoms. The number of hydrogen-bond donors (Lipinski definition) is 0. The molecule has 1 spiro atoms. The molecule has 0 amide bonds. The van der Waals surface area contributed by atoms with Gasteiger partial charge in [-0.25, -0.2) is 0 Å². The van der Waals surface area contributed by atoms with E-state index in [4.69, 9.17) is 11.6 Å². The Labute approximate surface area is 250 Å². The third kappa shape index (κ3) is 3.03. The van der Waals surface area contributed by atoms with E-state index in [1.165, 1.54) is 72.0 Å². The van der Waals surface area contributed by atoms with Crippen LogP contribution in [0.25, 0.3) is 55.3 Å². The predicted molar refractivity (Wildman–Crippen MR) is 176 cm³/mol. The average Bonchev–Trinajstić information content (AvgIpc) is 3.52. The second-order valence-electron chi connectivity index (χ2n) is 11.3. The van der Waals surface area contributed by atoms with Gasteiger partial charge in [-0.2, -0.15) is 0 Å². The van der Waals surface area contributed by atoms with Gasteiger partial charge in [0.1, 0.15) is 0 Å². The van der Waals surface area contributed by atoms with Crippen LogP contribution in [-0.2, 0) is 5.41 Å². The summed E-state index contributed by atoms with van der Waals surface area (Å²) in [5.74, 6) is 0. The first kappa shape index (κ1) is 23.8. The average molecular weight is 553 g/mol. The van der Waals surface area contributed by atoms with Gasteiger partial charge in [0.05, 0.1) is 5.41 Å². The molecule has 2 aliphatic rings. The first-order chi connectivity index (χ1) is 20.8. The van der Waals surface area contributed by atoms with Gasteiger partial charge in [-0.1, -0.05) is 151 Å². The number of fused-ring (bicyclic) bond motifs is 12. The van der Waals surface area contributed by atoms with Crippen LogP contribution in [0.15, 0.2) is 152 Å². The summed E-state index contributed by atoms with van der Waals surface area (Å²) < 4.78 is 0. The largest absolute Gasteiger partial charge is 0.0843 e. The summed E-state index contributed by atoms with van der Waals surface area (Å²) in [5, 5.41) is 3.34. The van der Waals surface area contributed by atoms with Crippen LogP contribution in [0.2, 0.25) is 5.02 Å². The topological polar surface area (TPSA) is 0 Å². The molecule has 2 aliphatic carbocycles. The van der Waals surface area contributed by atoms with Crippen LogP contribution < -0.4 is 0 Å². The lowest BCUT2D eigenvalue weighted by Gasteiger charge is -2.30. The Balaban J connectivity index is 1.42. The normalized spacial score (nSPS) is 15.8. The van der Waals surface area contributed by atoms with Gasteiger partial charge in [-0.05, 0) is 89.7 Å². The third-order valence-corrected chi connectivity index (χ3v) is 9.59. The molecule has 0 radical (unpaired) electrons. The van der Waals surface area contributed by atoms with Crippen molar-refractivity contribution >= 4 is 22.4 Å². The lowest BCUT2D eigenvalue weighted by molar-refractivity contribution is 0.794. The van der Waals surface area contributed by atoms with Crippen molar-refractivity contribution < 1.29 is 0 Å². The Morgan fingerprint density at radius 3 is 1.74 bits per heavy atom. The maximum atomic E-state index is 6.47. The smallest absolute Gasteiger partial charge is 0.0725 e. The molecule has 1 atom stereocenters. The molecule has 0 saturated carbocycles. The summed E-state index contributed by atoms with van der Waals surface area (Å²) in [7, 11) is 0. The Kier molecular flexibility index (Phi) is 4.97. The summed E-state index contributed by atoms with van der Waals surface area (Å²) in [6, 6.07) is 55.4. The highest BCUT2D eigenvalue weighted by Gasteiger charge is 2.52. The van der Waals surface area contributed by atoms with Crippen LogP contribution in [0.1, 0.15) is 22.3 Å². The molecule has 0 fully saturated rings. The Morgan fingerprint density at radius 1 is 0.381 bits per heavy atom. The molecule has 0 N–H and O–H groups in total. The maximum Gasteiger partial charge on any atom is 0.0725 e. The fraction of sp³-hybridized carbons (Fsp3) is 0.0244. The Bertz CT molecular complexity index is 2220. The summed E-state index contributed by atoms with van der Waals surface area (Å²) in [6.45, 7) is 0. The fourth-order valence-corrected chi connectivity index (χ4v) is 8.00. The van der Waals surface area contributed by atoms with E-state index in [9.17, 15) is 0 Å². The lowest BCUT2D eigenvalue weighted by atomic mass is 9.70. The standard InChI is InChI=1S/C41H25Cl/c42-28-13-9-12-27(25-28)29-14-3-4-16-31(29)32-19-10-22-37-40(32)34-18-6-8-21-36(34)41(37)35-20-7-5-17-33(35)39-30-15-2-1-11-26(30)23-24-38(39)41/h1-25H. The van der Waals surface area contributed by atoms with Gasteiger partial charge in [-0.15, -0.1) is 0 Å². The highest BCUT2D eigenvalue weighted by molar-refractivity contribution is 6.30. The van der Waals surface area contributed by atoms with E-state index in [2.05, 4.69) is 140 Å². The van der Waals surface area contributed by atoms with Crippen molar-refractivity contribution in [1.29, 1.82) is 0 Å². The van der Waals surface area contributed by atoms with Gasteiger partial charge in [0.25, 0.3) is 0 Å². The molecule has 0 heterocycles. The lowest BCUT2D eigenvalue weighted by Crippen LogP contribution is -2.25. The molecule has 42 heavy (non-hydrogen) atoms. The summed E-state index contributed by atoms with van der Waals surface area (Å²) in [5.41, 5.74) is 15.1. The van der Waals surface area contributed by atoms with Crippen molar-refractivity contribution in [2.75, 3.05) is 0 Å². The number of rotatable bonds is 2. The number of hydrogen-bond acceptors (Lipinski definition) is 0. The van der Waals surface area contributed by atoms with E-state index in [1.54, 1.807) is 0 Å². The van der Waals surface area contributed by atoms with Gasteiger partial charge in [0.2, 0.25) is 0 Å². The van der Waals surface area contributed by atoms with Crippen molar-refractivity contribution in [2.24, 2.45) is 0 Å². The molecular formula is C41H25Cl. The van der Waals surface area contributed by atoms with E-state index in [-0.39, 0.29) is 5.41 Å². The van der Waals surface area contributed by atoms with Crippen LogP contribution in [0, 0.1) is 0 Å². The monoisotopic (exact) mass is 552 g/mol. The Morgan fingerprint density at radius 2 is 0.952 bits per heavy atom. The van der Waals surface area contributed by atoms with Crippen molar-refractivity contribution in [3.05, 3.63) is 179 Å². The molecule has 0 nitrogen and oxygen atoms in total. The van der Waals surface area contributed by atoms with E-state index in [0.717, 1.165) is 10.6 Å². The molecule has 1 unspecified atom stereocenters. The van der Waals surface area contributed by atoms with Crippen molar-refractivity contribution in [1.82, 2.24) is 0 Å². The van der Waals surface area contributed by atoms with Gasteiger partial charge < -0.3 is 0 Å². The minimum Gasteiger partial charge on any atom is -0.0843 e. The molecular weight excluding hydrogens is 528 g/mol. The first-order valence-electron chi connectivity index (χ1n) is 14.5. The van der Waals surface area contributed by atoms with E-state index >= 15 is 0 Å². The van der Waals surface area contributed by atoms with Crippen molar-refractivity contribution in [3.63, 3.8) is 0 Å². The second-order valence-corrected chi connectivity index (χ2v) is 11.8. The van der Waals surface area contributed by atoms with Crippen LogP contribution in [-0.4, -0.2) is 0 Å². The van der Waals surface area contributed by atoms with Gasteiger partial charge in [0.15, 0.2) is 0 Å². The van der Waals surface area contributed by atoms with Crippen LogP contribution in [0.3, 0.4) is 0 Å². The molecule has 0 aromatic heterocycles. The number of halogens is 1. The molecule has 9 rings (SSSR count). The van der Waals surface area contributed by atoms with E-state index in [1.807, 2.05) is 12.1 Å². The predicted octanol–water partition coefficient (Wildman–Crippen LogP) is 11.2. The van der Waals surface area contributed by atoms with E-state index in [0.29, 0.717) is 0 Å². The van der Waals surface area contributed by atoms with Crippen molar-refractivity contribution in [3.8, 4) is 44.5 Å². The summed E-state index contributed by atoms with van der Waals surface area (Å²) in [6.07, 6.45) is 0. The Hall–Kier alpha value is -4.91. The first-order valence-corrected chi connectivity index (χ1v) is 14.9. The minimum absolute atomic E-state index is 0.386. The van der Waals surface area contributed by atoms with Crippen LogP contribution in [0.5, 0.6) is 0 Å². The second kappa shape index (κ2) is 8.79. The highest BCUT2D eigenvalue weighted by atomic mass is 35.5. The molecule has 7 aromatic rings. The van der Waals surface area contributed by atoms with Gasteiger partial charge >= 0.3 is 0 Å². The summed E-state index contributed by atoms with van der Waals surface area (Å²) in [4.78, 5) is 0. The fourth-order valence-electron chi connectivity index (χ4n) is 7.81. The minimum atomic E-state index is -0.386. The van der Waals surface area contributed by atoms with Gasteiger partial charge in [0, 0.05) is 5.02 Å². The van der Waals surface area contributed by atoms with Crippen molar-refractivity contribution in [2.45, 2.75) is 5.41 Å². The molecule has 0 bridgehead atoms. The molecule has 7 aromatic carbocycles. The zero-order valence-electron chi connectivity index (χ0n) is 22.8.